The molecule has 0 heterocycles. The maximum atomic E-state index is 11.8. The summed E-state index contributed by atoms with van der Waals surface area (Å²) in [6, 6.07) is 19.2. The second-order valence-electron chi connectivity index (χ2n) is 4.84. The first kappa shape index (κ1) is 14.9. The van der Waals surface area contributed by atoms with Crippen molar-refractivity contribution in [3.05, 3.63) is 71.8 Å². The van der Waals surface area contributed by atoms with Crippen LogP contribution in [0.2, 0.25) is 0 Å². The zero-order valence-corrected chi connectivity index (χ0v) is 12.2. The molecule has 0 bridgehead atoms. The van der Waals surface area contributed by atoms with E-state index in [1.54, 1.807) is 0 Å². The molecule has 0 aliphatic carbocycles. The molecule has 2 aromatic carbocycles. The summed E-state index contributed by atoms with van der Waals surface area (Å²) in [6.45, 7) is 3.81. The van der Waals surface area contributed by atoms with Gasteiger partial charge in [-0.1, -0.05) is 54.6 Å². The van der Waals surface area contributed by atoms with Crippen molar-refractivity contribution < 1.29 is 9.53 Å². The lowest BCUT2D eigenvalue weighted by atomic mass is 10.1. The first-order valence-electron chi connectivity index (χ1n) is 6.91. The van der Waals surface area contributed by atoms with Gasteiger partial charge in [0, 0.05) is 5.69 Å². The van der Waals surface area contributed by atoms with Gasteiger partial charge in [-0.25, -0.2) is 4.79 Å². The molecule has 2 aromatic rings. The van der Waals surface area contributed by atoms with Crippen LogP contribution in [0, 0.1) is 0 Å². The van der Waals surface area contributed by atoms with Crippen LogP contribution in [-0.4, -0.2) is 12.2 Å². The van der Waals surface area contributed by atoms with E-state index in [-0.39, 0.29) is 6.10 Å². The molecule has 0 aromatic heterocycles. The Morgan fingerprint density at radius 1 is 1.05 bits per heavy atom. The van der Waals surface area contributed by atoms with Gasteiger partial charge in [-0.2, -0.15) is 0 Å². The third-order valence-corrected chi connectivity index (χ3v) is 3.14. The molecule has 0 spiro atoms. The van der Waals surface area contributed by atoms with Crippen LogP contribution in [0.25, 0.3) is 6.08 Å². The van der Waals surface area contributed by atoms with Crippen LogP contribution in [-0.2, 0) is 4.74 Å². The molecule has 0 aliphatic rings. The molecule has 0 unspecified atom stereocenters. The number of para-hydroxylation sites is 1. The van der Waals surface area contributed by atoms with E-state index < -0.39 is 6.09 Å². The van der Waals surface area contributed by atoms with Crippen molar-refractivity contribution in [1.29, 1.82) is 0 Å². The summed E-state index contributed by atoms with van der Waals surface area (Å²) in [5.74, 6) is 0. The lowest BCUT2D eigenvalue weighted by Gasteiger charge is -2.14. The summed E-state index contributed by atoms with van der Waals surface area (Å²) < 4.78 is 5.37. The molecule has 1 N–H and O–H groups in total. The van der Waals surface area contributed by atoms with Gasteiger partial charge in [0.25, 0.3) is 0 Å². The van der Waals surface area contributed by atoms with Gasteiger partial charge in [0.1, 0.15) is 6.10 Å². The Morgan fingerprint density at radius 2 is 1.62 bits per heavy atom. The topological polar surface area (TPSA) is 38.3 Å². The fourth-order valence-corrected chi connectivity index (χ4v) is 1.85. The number of carbonyl (C=O) groups is 1. The predicted molar refractivity (Wildman–Crippen MR) is 86.1 cm³/mol. The second-order valence-corrected chi connectivity index (χ2v) is 4.84. The summed E-state index contributed by atoms with van der Waals surface area (Å²) in [4.78, 5) is 11.8. The van der Waals surface area contributed by atoms with Crippen molar-refractivity contribution in [3.8, 4) is 0 Å². The van der Waals surface area contributed by atoms with Crippen LogP contribution in [0.4, 0.5) is 10.5 Å². The van der Waals surface area contributed by atoms with Gasteiger partial charge < -0.3 is 4.74 Å². The van der Waals surface area contributed by atoms with Crippen LogP contribution in [0.15, 0.2) is 66.2 Å². The SMILES string of the molecule is C/C(=C/c1ccccc1)[C@H](C)OC(=O)Nc1ccccc1. The fourth-order valence-electron chi connectivity index (χ4n) is 1.85. The summed E-state index contributed by atoms with van der Waals surface area (Å²) in [5.41, 5.74) is 2.80. The Morgan fingerprint density at radius 3 is 2.24 bits per heavy atom. The van der Waals surface area contributed by atoms with Crippen LogP contribution in [0.5, 0.6) is 0 Å². The lowest BCUT2D eigenvalue weighted by Crippen LogP contribution is -2.20. The highest BCUT2D eigenvalue weighted by Gasteiger charge is 2.11. The smallest absolute Gasteiger partial charge is 0.412 e. The highest BCUT2D eigenvalue weighted by Crippen LogP contribution is 2.13. The fraction of sp³-hybridized carbons (Fsp3) is 0.167. The molecule has 0 saturated heterocycles. The number of benzene rings is 2. The molecule has 3 nitrogen and oxygen atoms in total. The number of amides is 1. The minimum Gasteiger partial charge on any atom is -0.442 e. The molecule has 1 atom stereocenters. The van der Waals surface area contributed by atoms with E-state index in [1.807, 2.05) is 80.6 Å². The molecule has 108 valence electrons. The average molecular weight is 281 g/mol. The minimum atomic E-state index is -0.450. The monoisotopic (exact) mass is 281 g/mol. The standard InChI is InChI=1S/C18H19NO2/c1-14(13-16-9-5-3-6-10-16)15(2)21-18(20)19-17-11-7-4-8-12-17/h3-13,15H,1-2H3,(H,19,20)/b14-13-/t15-/m0/s1. The zero-order valence-electron chi connectivity index (χ0n) is 12.2. The number of rotatable bonds is 4. The normalized spacial score (nSPS) is 12.6. The highest BCUT2D eigenvalue weighted by atomic mass is 16.6. The largest absolute Gasteiger partial charge is 0.442 e. The van der Waals surface area contributed by atoms with Crippen LogP contribution < -0.4 is 5.32 Å². The summed E-state index contributed by atoms with van der Waals surface area (Å²) >= 11 is 0. The van der Waals surface area contributed by atoms with Crippen molar-refractivity contribution in [2.75, 3.05) is 5.32 Å². The molecule has 3 heteroatoms. The van der Waals surface area contributed by atoms with E-state index in [0.717, 1.165) is 16.8 Å². The second kappa shape index (κ2) is 7.29. The minimum absolute atomic E-state index is 0.283. The average Bonchev–Trinajstić information content (AvgIpc) is 2.49. The van der Waals surface area contributed by atoms with E-state index in [2.05, 4.69) is 5.32 Å². The number of hydrogen-bond acceptors (Lipinski definition) is 2. The predicted octanol–water partition coefficient (Wildman–Crippen LogP) is 4.73. The van der Waals surface area contributed by atoms with Crippen molar-refractivity contribution in [3.63, 3.8) is 0 Å². The quantitative estimate of drug-likeness (QED) is 0.880. The van der Waals surface area contributed by atoms with Gasteiger partial charge >= 0.3 is 6.09 Å². The van der Waals surface area contributed by atoms with Crippen LogP contribution in [0.3, 0.4) is 0 Å². The maximum Gasteiger partial charge on any atom is 0.412 e. The summed E-state index contributed by atoms with van der Waals surface area (Å²) in [5, 5.41) is 2.70. The molecule has 0 aliphatic heterocycles. The molecule has 1 amide bonds. The van der Waals surface area contributed by atoms with E-state index in [0.29, 0.717) is 0 Å². The van der Waals surface area contributed by atoms with Gasteiger partial charge in [-0.3, -0.25) is 5.32 Å². The first-order chi connectivity index (χ1) is 10.1. The molecule has 21 heavy (non-hydrogen) atoms. The maximum absolute atomic E-state index is 11.8. The van der Waals surface area contributed by atoms with Crippen molar-refractivity contribution in [1.82, 2.24) is 0 Å². The Bertz CT molecular complexity index is 606. The van der Waals surface area contributed by atoms with Gasteiger partial charge in [-0.15, -0.1) is 0 Å². The number of ether oxygens (including phenoxy) is 1. The third kappa shape index (κ3) is 4.80. The molecule has 0 radical (unpaired) electrons. The third-order valence-electron chi connectivity index (χ3n) is 3.14. The number of hydrogen-bond donors (Lipinski definition) is 1. The van der Waals surface area contributed by atoms with Gasteiger partial charge in [-0.05, 0) is 37.1 Å². The van der Waals surface area contributed by atoms with Gasteiger partial charge in [0.05, 0.1) is 0 Å². The Labute approximate surface area is 125 Å². The first-order valence-corrected chi connectivity index (χ1v) is 6.91. The van der Waals surface area contributed by atoms with Gasteiger partial charge in [0.15, 0.2) is 0 Å². The van der Waals surface area contributed by atoms with E-state index in [4.69, 9.17) is 4.74 Å². The number of anilines is 1. The van der Waals surface area contributed by atoms with Gasteiger partial charge in [0.2, 0.25) is 0 Å². The number of nitrogens with one attached hydrogen (secondary N) is 1. The van der Waals surface area contributed by atoms with Crippen LogP contribution >= 0.6 is 0 Å². The molecule has 0 fully saturated rings. The van der Waals surface area contributed by atoms with E-state index in [1.165, 1.54) is 0 Å². The van der Waals surface area contributed by atoms with Crippen LogP contribution in [0.1, 0.15) is 19.4 Å². The van der Waals surface area contributed by atoms with Crippen molar-refractivity contribution >= 4 is 17.9 Å². The molecule has 2 rings (SSSR count). The summed E-state index contributed by atoms with van der Waals surface area (Å²) in [6.07, 6.45) is 1.28. The van der Waals surface area contributed by atoms with E-state index >= 15 is 0 Å². The molecule has 0 saturated carbocycles. The van der Waals surface area contributed by atoms with E-state index in [9.17, 15) is 4.79 Å². The molecular weight excluding hydrogens is 262 g/mol. The highest BCUT2D eigenvalue weighted by molar-refractivity contribution is 5.84. The molecular formula is C18H19NO2. The Kier molecular flexibility index (Phi) is 5.16. The van der Waals surface area contributed by atoms with Crippen molar-refractivity contribution in [2.45, 2.75) is 20.0 Å². The Balaban J connectivity index is 1.93. The Hall–Kier alpha value is -2.55. The zero-order chi connectivity index (χ0) is 15.1. The van der Waals surface area contributed by atoms with Crippen molar-refractivity contribution in [2.24, 2.45) is 0 Å². The lowest BCUT2D eigenvalue weighted by molar-refractivity contribution is 0.137. The summed E-state index contributed by atoms with van der Waals surface area (Å²) in [7, 11) is 0. The number of carbonyl (C=O) groups excluding carboxylic acids is 1.